The number of ether oxygens (including phenoxy) is 1. The van der Waals surface area contributed by atoms with E-state index in [0.29, 0.717) is 0 Å². The van der Waals surface area contributed by atoms with Crippen molar-refractivity contribution in [2.45, 2.75) is 56.8 Å². The molecule has 1 saturated carbocycles. The Bertz CT molecular complexity index is 1080. The monoisotopic (exact) mass is 459 g/mol. The van der Waals surface area contributed by atoms with Gasteiger partial charge in [-0.15, -0.1) is 0 Å². The van der Waals surface area contributed by atoms with Crippen LogP contribution < -0.4 is 9.64 Å². The van der Waals surface area contributed by atoms with Crippen molar-refractivity contribution in [1.29, 1.82) is 0 Å². The summed E-state index contributed by atoms with van der Waals surface area (Å²) >= 11 is 0. The predicted molar refractivity (Wildman–Crippen MR) is 141 cm³/mol. The number of anilines is 1. The van der Waals surface area contributed by atoms with Crippen molar-refractivity contribution >= 4 is 24.7 Å². The molecule has 5 rings (SSSR count). The fourth-order valence-electron chi connectivity index (χ4n) is 5.48. The van der Waals surface area contributed by atoms with Gasteiger partial charge in [0.2, 0.25) is 5.88 Å². The summed E-state index contributed by atoms with van der Waals surface area (Å²) in [6.45, 7) is 5.61. The predicted octanol–water partition coefficient (Wildman–Crippen LogP) is 4.21. The van der Waals surface area contributed by atoms with E-state index < -0.39 is 0 Å². The average molecular weight is 459 g/mol. The summed E-state index contributed by atoms with van der Waals surface area (Å²) in [5.74, 6) is 2.93. The minimum atomic E-state index is 0.277. The van der Waals surface area contributed by atoms with Crippen LogP contribution in [-0.2, 0) is 13.6 Å². The van der Waals surface area contributed by atoms with Crippen molar-refractivity contribution in [1.82, 2.24) is 19.4 Å². The number of benzene rings is 1. The van der Waals surface area contributed by atoms with Gasteiger partial charge >= 0.3 is 0 Å². The summed E-state index contributed by atoms with van der Waals surface area (Å²) in [6, 6.07) is 14.6. The lowest BCUT2D eigenvalue weighted by atomic mass is 9.62. The van der Waals surface area contributed by atoms with Crippen molar-refractivity contribution in [3.8, 4) is 5.88 Å². The maximum atomic E-state index is 6.26. The molecule has 2 aliphatic rings. The van der Waals surface area contributed by atoms with E-state index in [0.717, 1.165) is 62.4 Å². The van der Waals surface area contributed by atoms with Crippen LogP contribution in [0.2, 0.25) is 5.31 Å². The van der Waals surface area contributed by atoms with Gasteiger partial charge in [0.1, 0.15) is 19.5 Å². The largest absolute Gasteiger partial charge is 0.478 e. The smallest absolute Gasteiger partial charge is 0.215 e. The Morgan fingerprint density at radius 1 is 0.882 bits per heavy atom. The molecule has 1 aromatic carbocycles. The summed E-state index contributed by atoms with van der Waals surface area (Å²) < 4.78 is 8.48. The first-order valence-corrected chi connectivity index (χ1v) is 13.1. The van der Waals surface area contributed by atoms with Crippen LogP contribution in [0.15, 0.2) is 42.5 Å². The fourth-order valence-corrected chi connectivity index (χ4v) is 5.48. The Morgan fingerprint density at radius 2 is 1.62 bits per heavy atom. The molecule has 0 N–H and O–H groups in total. The molecule has 0 atom stereocenters. The van der Waals surface area contributed by atoms with E-state index >= 15 is 0 Å². The van der Waals surface area contributed by atoms with Crippen LogP contribution >= 0.6 is 0 Å². The van der Waals surface area contributed by atoms with Crippen molar-refractivity contribution < 1.29 is 4.74 Å². The van der Waals surface area contributed by atoms with Crippen LogP contribution in [-0.4, -0.2) is 60.1 Å². The quantitative estimate of drug-likeness (QED) is 0.517. The normalized spacial score (nSPS) is 19.6. The molecule has 2 aromatic heterocycles. The SMILES string of the molecule is BC1(COc2cccc(N3CCN(Cc4nc5ccccc5n4C)CC3)n2)CCCCCCC1. The van der Waals surface area contributed by atoms with Crippen molar-refractivity contribution in [3.63, 3.8) is 0 Å². The summed E-state index contributed by atoms with van der Waals surface area (Å²) in [7, 11) is 4.51. The van der Waals surface area contributed by atoms with Crippen LogP contribution in [0.4, 0.5) is 5.82 Å². The van der Waals surface area contributed by atoms with Gasteiger partial charge in [0.15, 0.2) is 0 Å². The maximum Gasteiger partial charge on any atom is 0.215 e. The molecular formula is C27H38BN5O. The number of aromatic nitrogens is 3. The second kappa shape index (κ2) is 10.4. The second-order valence-corrected chi connectivity index (χ2v) is 10.5. The number of piperazine rings is 1. The molecule has 180 valence electrons. The van der Waals surface area contributed by atoms with E-state index in [2.05, 4.69) is 65.7 Å². The molecule has 0 amide bonds. The Kier molecular flexibility index (Phi) is 7.09. The number of fused-ring (bicyclic) bond motifs is 1. The molecule has 0 radical (unpaired) electrons. The highest BCUT2D eigenvalue weighted by Crippen LogP contribution is 2.38. The Hall–Kier alpha value is -2.54. The molecule has 3 heterocycles. The van der Waals surface area contributed by atoms with E-state index in [4.69, 9.17) is 14.7 Å². The molecule has 3 aromatic rings. The van der Waals surface area contributed by atoms with E-state index in [-0.39, 0.29) is 5.31 Å². The Labute approximate surface area is 204 Å². The third-order valence-electron chi connectivity index (χ3n) is 7.78. The lowest BCUT2D eigenvalue weighted by Crippen LogP contribution is -2.46. The van der Waals surface area contributed by atoms with Crippen molar-refractivity contribution in [3.05, 3.63) is 48.3 Å². The minimum Gasteiger partial charge on any atom is -0.478 e. The summed E-state index contributed by atoms with van der Waals surface area (Å²) in [5.41, 5.74) is 2.28. The number of hydrogen-bond donors (Lipinski definition) is 0. The molecule has 1 saturated heterocycles. The molecule has 1 aliphatic heterocycles. The topological polar surface area (TPSA) is 46.4 Å². The number of rotatable bonds is 6. The summed E-state index contributed by atoms with van der Waals surface area (Å²) in [6.07, 6.45) is 9.31. The molecule has 34 heavy (non-hydrogen) atoms. The van der Waals surface area contributed by atoms with Crippen LogP contribution in [0, 0.1) is 0 Å². The molecule has 7 heteroatoms. The van der Waals surface area contributed by atoms with E-state index in [1.165, 1.54) is 50.5 Å². The Morgan fingerprint density at radius 3 is 2.38 bits per heavy atom. The standard InChI is InChI=1S/C27H38BN5O/c1-31-23-11-6-5-10-22(23)29-25(31)20-32-16-18-33(19-17-32)24-12-9-13-26(30-24)34-21-27(28)14-7-3-2-4-8-15-27/h5-6,9-13H,2-4,7-8,14-21,28H2,1H3. The van der Waals surface area contributed by atoms with Crippen molar-refractivity contribution in [2.24, 2.45) is 7.05 Å². The van der Waals surface area contributed by atoms with Gasteiger partial charge in [-0.25, -0.2) is 4.98 Å². The molecule has 0 bridgehead atoms. The third kappa shape index (κ3) is 5.40. The number of pyridine rings is 1. The van der Waals surface area contributed by atoms with Gasteiger partial charge in [0, 0.05) is 39.3 Å². The number of hydrogen-bond acceptors (Lipinski definition) is 5. The lowest BCUT2D eigenvalue weighted by molar-refractivity contribution is 0.223. The lowest BCUT2D eigenvalue weighted by Gasteiger charge is -2.35. The first kappa shape index (κ1) is 23.2. The second-order valence-electron chi connectivity index (χ2n) is 10.5. The number of imidazole rings is 1. The van der Waals surface area contributed by atoms with Gasteiger partial charge in [-0.05, 0) is 23.5 Å². The highest BCUT2D eigenvalue weighted by molar-refractivity contribution is 6.15. The van der Waals surface area contributed by atoms with Crippen LogP contribution in [0.3, 0.4) is 0 Å². The summed E-state index contributed by atoms with van der Waals surface area (Å²) in [5, 5.41) is 0.277. The highest BCUT2D eigenvalue weighted by atomic mass is 16.5. The molecular weight excluding hydrogens is 421 g/mol. The van der Waals surface area contributed by atoms with E-state index in [9.17, 15) is 0 Å². The van der Waals surface area contributed by atoms with Crippen LogP contribution in [0.25, 0.3) is 11.0 Å². The molecule has 1 aliphatic carbocycles. The van der Waals surface area contributed by atoms with Crippen LogP contribution in [0.1, 0.15) is 50.8 Å². The highest BCUT2D eigenvalue weighted by Gasteiger charge is 2.26. The number of nitrogens with zero attached hydrogens (tertiary/aromatic N) is 5. The number of para-hydroxylation sites is 2. The molecule has 6 nitrogen and oxygen atoms in total. The van der Waals surface area contributed by atoms with Gasteiger partial charge in [-0.2, -0.15) is 4.98 Å². The van der Waals surface area contributed by atoms with E-state index in [1.54, 1.807) is 0 Å². The maximum absolute atomic E-state index is 6.26. The zero-order chi connectivity index (χ0) is 23.4. The first-order valence-electron chi connectivity index (χ1n) is 13.1. The van der Waals surface area contributed by atoms with Gasteiger partial charge in [0.25, 0.3) is 0 Å². The van der Waals surface area contributed by atoms with Crippen molar-refractivity contribution in [2.75, 3.05) is 37.7 Å². The number of aryl methyl sites for hydroxylation is 1. The zero-order valence-corrected chi connectivity index (χ0v) is 20.9. The summed E-state index contributed by atoms with van der Waals surface area (Å²) in [4.78, 5) is 14.6. The van der Waals surface area contributed by atoms with Gasteiger partial charge in [-0.1, -0.05) is 63.1 Å². The minimum absolute atomic E-state index is 0.277. The third-order valence-corrected chi connectivity index (χ3v) is 7.78. The van der Waals surface area contributed by atoms with Gasteiger partial charge in [-0.3, -0.25) is 4.90 Å². The van der Waals surface area contributed by atoms with Gasteiger partial charge in [0.05, 0.1) is 24.2 Å². The van der Waals surface area contributed by atoms with Gasteiger partial charge < -0.3 is 14.2 Å². The van der Waals surface area contributed by atoms with E-state index in [1.807, 2.05) is 6.07 Å². The fraction of sp³-hybridized carbons (Fsp3) is 0.556. The Balaban J connectivity index is 1.16. The molecule has 2 fully saturated rings. The zero-order valence-electron chi connectivity index (χ0n) is 20.9. The molecule has 0 unspecified atom stereocenters. The first-order chi connectivity index (χ1) is 16.6. The molecule has 0 spiro atoms. The average Bonchev–Trinajstić information content (AvgIpc) is 3.16. The van der Waals surface area contributed by atoms with Crippen LogP contribution in [0.5, 0.6) is 5.88 Å².